The van der Waals surface area contributed by atoms with Crippen LogP contribution in [0.1, 0.15) is 12.8 Å². The third-order valence-electron chi connectivity index (χ3n) is 1.88. The van der Waals surface area contributed by atoms with Crippen LogP contribution in [0.3, 0.4) is 0 Å². The van der Waals surface area contributed by atoms with Crippen LogP contribution in [0, 0.1) is 5.92 Å². The highest BCUT2D eigenvalue weighted by Crippen LogP contribution is 2.12. The summed E-state index contributed by atoms with van der Waals surface area (Å²) >= 11 is 0. The van der Waals surface area contributed by atoms with E-state index in [0.717, 1.165) is 19.4 Å². The predicted octanol–water partition coefficient (Wildman–Crippen LogP) is 0.741. The fourth-order valence-corrected chi connectivity index (χ4v) is 1.24. The monoisotopic (exact) mass is 139 g/mol. The second-order valence-electron chi connectivity index (χ2n) is 2.65. The van der Waals surface area contributed by atoms with E-state index in [1.807, 2.05) is 6.08 Å². The molecule has 1 saturated heterocycles. The first kappa shape index (κ1) is 7.48. The van der Waals surface area contributed by atoms with Gasteiger partial charge in [0.2, 0.25) is 0 Å². The molecule has 0 aromatic rings. The lowest BCUT2D eigenvalue weighted by atomic mass is 9.94. The van der Waals surface area contributed by atoms with Gasteiger partial charge in [-0.3, -0.25) is 4.79 Å². The van der Waals surface area contributed by atoms with Crippen LogP contribution >= 0.6 is 0 Å². The molecule has 1 heterocycles. The summed E-state index contributed by atoms with van der Waals surface area (Å²) in [6, 6.07) is 0. The fraction of sp³-hybridized carbons (Fsp3) is 0.625. The molecule has 1 N–H and O–H groups in total. The zero-order valence-corrected chi connectivity index (χ0v) is 6.10. The summed E-state index contributed by atoms with van der Waals surface area (Å²) in [6.07, 6.45) is 3.65. The normalized spacial score (nSPS) is 26.4. The van der Waals surface area contributed by atoms with E-state index in [2.05, 4.69) is 11.9 Å². The number of nitrogens with one attached hydrogen (secondary N) is 1. The first-order valence-electron chi connectivity index (χ1n) is 3.69. The number of Topliss-reactive ketones (excluding diaryl/α,β-unsaturated/α-hetero) is 1. The molecule has 1 unspecified atom stereocenters. The van der Waals surface area contributed by atoms with Crippen LogP contribution < -0.4 is 5.32 Å². The third kappa shape index (κ3) is 1.67. The van der Waals surface area contributed by atoms with Crippen molar-refractivity contribution in [2.45, 2.75) is 12.8 Å². The summed E-state index contributed by atoms with van der Waals surface area (Å²) in [5.41, 5.74) is 0. The first-order valence-corrected chi connectivity index (χ1v) is 3.69. The van der Waals surface area contributed by atoms with Crippen LogP contribution in [0.2, 0.25) is 0 Å². The van der Waals surface area contributed by atoms with Gasteiger partial charge in [-0.1, -0.05) is 6.08 Å². The first-order chi connectivity index (χ1) is 4.84. The molecule has 1 rings (SSSR count). The average molecular weight is 139 g/mol. The van der Waals surface area contributed by atoms with Crippen molar-refractivity contribution in [1.29, 1.82) is 0 Å². The van der Waals surface area contributed by atoms with Crippen LogP contribution in [-0.2, 0) is 4.79 Å². The number of carbonyl (C=O) groups excluding carboxylic acids is 1. The number of piperidine rings is 1. The Morgan fingerprint density at radius 1 is 1.80 bits per heavy atom. The van der Waals surface area contributed by atoms with Crippen molar-refractivity contribution in [3.63, 3.8) is 0 Å². The highest BCUT2D eigenvalue weighted by atomic mass is 16.1. The summed E-state index contributed by atoms with van der Waals surface area (Å²) in [6.45, 7) is 5.15. The molecular weight excluding hydrogens is 126 g/mol. The average Bonchev–Trinajstić information content (AvgIpc) is 1.94. The van der Waals surface area contributed by atoms with Gasteiger partial charge >= 0.3 is 0 Å². The Bertz CT molecular complexity index is 142. The molecule has 2 nitrogen and oxygen atoms in total. The van der Waals surface area contributed by atoms with E-state index in [-0.39, 0.29) is 5.92 Å². The smallest absolute Gasteiger partial charge is 0.150 e. The summed E-state index contributed by atoms with van der Waals surface area (Å²) in [4.78, 5) is 11.1. The van der Waals surface area contributed by atoms with E-state index >= 15 is 0 Å². The number of hydrogen-bond acceptors (Lipinski definition) is 2. The molecule has 1 aliphatic heterocycles. The zero-order valence-electron chi connectivity index (χ0n) is 6.10. The van der Waals surface area contributed by atoms with E-state index in [9.17, 15) is 4.79 Å². The molecule has 0 saturated carbocycles. The van der Waals surface area contributed by atoms with Gasteiger partial charge in [-0.15, -0.1) is 6.58 Å². The largest absolute Gasteiger partial charge is 0.310 e. The minimum Gasteiger partial charge on any atom is -0.310 e. The summed E-state index contributed by atoms with van der Waals surface area (Å²) in [5, 5.41) is 3.04. The number of ketones is 1. The van der Waals surface area contributed by atoms with Crippen LogP contribution in [-0.4, -0.2) is 18.9 Å². The number of rotatable bonds is 2. The van der Waals surface area contributed by atoms with Gasteiger partial charge in [0.15, 0.2) is 0 Å². The lowest BCUT2D eigenvalue weighted by molar-refractivity contribution is -0.123. The van der Waals surface area contributed by atoms with E-state index in [0.29, 0.717) is 12.3 Å². The van der Waals surface area contributed by atoms with Gasteiger partial charge in [0.05, 0.1) is 6.54 Å². The van der Waals surface area contributed by atoms with E-state index in [1.165, 1.54) is 0 Å². The topological polar surface area (TPSA) is 29.1 Å². The fourth-order valence-electron chi connectivity index (χ4n) is 1.24. The van der Waals surface area contributed by atoms with Gasteiger partial charge in [-0.05, 0) is 19.4 Å². The minimum absolute atomic E-state index is 0.249. The van der Waals surface area contributed by atoms with Crippen LogP contribution in [0.4, 0.5) is 0 Å². The molecule has 0 aromatic carbocycles. The molecule has 10 heavy (non-hydrogen) atoms. The van der Waals surface area contributed by atoms with Gasteiger partial charge in [0.25, 0.3) is 0 Å². The Balaban J connectivity index is 2.39. The standard InChI is InChI=1S/C8H13NO/c1-2-3-7-4-5-9-6-8(7)10/h2,7,9H,1,3-6H2. The molecule has 56 valence electrons. The Morgan fingerprint density at radius 3 is 3.20 bits per heavy atom. The van der Waals surface area contributed by atoms with Gasteiger partial charge < -0.3 is 5.32 Å². The summed E-state index contributed by atoms with van der Waals surface area (Å²) in [5.74, 6) is 0.588. The lowest BCUT2D eigenvalue weighted by Gasteiger charge is -2.19. The van der Waals surface area contributed by atoms with Gasteiger partial charge in [-0.2, -0.15) is 0 Å². The Hall–Kier alpha value is -0.630. The molecule has 0 aliphatic carbocycles. The summed E-state index contributed by atoms with van der Waals surface area (Å²) in [7, 11) is 0. The maximum Gasteiger partial charge on any atom is 0.150 e. The van der Waals surface area contributed by atoms with E-state index < -0.39 is 0 Å². The SMILES string of the molecule is C=CCC1CCNCC1=O. The van der Waals surface area contributed by atoms with Crippen molar-refractivity contribution in [3.05, 3.63) is 12.7 Å². The zero-order chi connectivity index (χ0) is 7.40. The van der Waals surface area contributed by atoms with Crippen molar-refractivity contribution in [2.75, 3.05) is 13.1 Å². The maximum atomic E-state index is 11.1. The van der Waals surface area contributed by atoms with Crippen molar-refractivity contribution in [1.82, 2.24) is 5.32 Å². The van der Waals surface area contributed by atoms with Gasteiger partial charge in [0.1, 0.15) is 5.78 Å². The maximum absolute atomic E-state index is 11.1. The Labute approximate surface area is 61.3 Å². The van der Waals surface area contributed by atoms with Crippen molar-refractivity contribution in [3.8, 4) is 0 Å². The summed E-state index contributed by atoms with van der Waals surface area (Å²) < 4.78 is 0. The number of hydrogen-bond donors (Lipinski definition) is 1. The van der Waals surface area contributed by atoms with Crippen LogP contribution in [0.25, 0.3) is 0 Å². The Morgan fingerprint density at radius 2 is 2.60 bits per heavy atom. The molecule has 0 spiro atoms. The second kappa shape index (κ2) is 3.52. The van der Waals surface area contributed by atoms with E-state index in [1.54, 1.807) is 0 Å². The van der Waals surface area contributed by atoms with Gasteiger partial charge in [-0.25, -0.2) is 0 Å². The number of carbonyl (C=O) groups is 1. The Kier molecular flexibility index (Phi) is 2.63. The minimum atomic E-state index is 0.249. The molecule has 0 aromatic heterocycles. The molecule has 0 radical (unpaired) electrons. The van der Waals surface area contributed by atoms with E-state index in [4.69, 9.17) is 0 Å². The lowest BCUT2D eigenvalue weighted by Crippen LogP contribution is -2.36. The molecular formula is C8H13NO. The van der Waals surface area contributed by atoms with Crippen molar-refractivity contribution < 1.29 is 4.79 Å². The third-order valence-corrected chi connectivity index (χ3v) is 1.88. The van der Waals surface area contributed by atoms with Crippen LogP contribution in [0.5, 0.6) is 0 Å². The molecule has 2 heteroatoms. The second-order valence-corrected chi connectivity index (χ2v) is 2.65. The highest BCUT2D eigenvalue weighted by molar-refractivity contribution is 5.83. The van der Waals surface area contributed by atoms with Crippen LogP contribution in [0.15, 0.2) is 12.7 Å². The van der Waals surface area contributed by atoms with Gasteiger partial charge in [0, 0.05) is 5.92 Å². The molecule has 1 atom stereocenters. The van der Waals surface area contributed by atoms with Crippen molar-refractivity contribution in [2.24, 2.45) is 5.92 Å². The molecule has 0 amide bonds. The predicted molar refractivity (Wildman–Crippen MR) is 40.8 cm³/mol. The molecule has 1 aliphatic rings. The molecule has 0 bridgehead atoms. The quantitative estimate of drug-likeness (QED) is 0.572. The van der Waals surface area contributed by atoms with Crippen molar-refractivity contribution >= 4 is 5.78 Å². The highest BCUT2D eigenvalue weighted by Gasteiger charge is 2.19. The number of allylic oxidation sites excluding steroid dienone is 1. The molecule has 1 fully saturated rings.